The first-order valence-electron chi connectivity index (χ1n) is 12.6. The van der Waals surface area contributed by atoms with Gasteiger partial charge in [0.2, 0.25) is 0 Å². The van der Waals surface area contributed by atoms with Crippen molar-refractivity contribution in [1.29, 1.82) is 0 Å². The maximum Gasteiger partial charge on any atom is 0.255 e. The standard InChI is InChI=1S/C26H33N5OS/c1-17-10-12-29(14-17)25-18(2)15-31-24(27-25)13-21(28-31)22-8-5-6-11-30(22)26(32)20-16-33-23-9-4-3-7-19(20)23/h13,15-17,22H,3-12,14H2,1-2H3/t17-,22-/m0/s1. The molecule has 0 bridgehead atoms. The minimum atomic E-state index is 0.0302. The molecular weight excluding hydrogens is 430 g/mol. The van der Waals surface area contributed by atoms with Gasteiger partial charge >= 0.3 is 0 Å². The average Bonchev–Trinajstić information content (AvgIpc) is 3.55. The fraction of sp³-hybridized carbons (Fsp3) is 0.577. The fourth-order valence-corrected chi connectivity index (χ4v) is 7.06. The Morgan fingerprint density at radius 1 is 1.12 bits per heavy atom. The Bertz CT molecular complexity index is 1200. The van der Waals surface area contributed by atoms with Gasteiger partial charge in [-0.25, -0.2) is 9.50 Å². The second kappa shape index (κ2) is 8.42. The van der Waals surface area contributed by atoms with E-state index in [9.17, 15) is 4.79 Å². The summed E-state index contributed by atoms with van der Waals surface area (Å²) in [4.78, 5) is 24.7. The zero-order valence-corrected chi connectivity index (χ0v) is 20.5. The van der Waals surface area contributed by atoms with Gasteiger partial charge in [0.1, 0.15) is 5.82 Å². The second-order valence-corrected chi connectivity index (χ2v) is 11.2. The van der Waals surface area contributed by atoms with E-state index >= 15 is 0 Å². The third kappa shape index (κ3) is 3.74. The molecule has 2 atom stereocenters. The number of amides is 1. The molecule has 5 heterocycles. The van der Waals surface area contributed by atoms with Crippen LogP contribution in [-0.4, -0.2) is 45.0 Å². The van der Waals surface area contributed by atoms with E-state index in [2.05, 4.69) is 41.3 Å². The van der Waals surface area contributed by atoms with E-state index in [1.165, 1.54) is 29.7 Å². The first kappa shape index (κ1) is 21.1. The SMILES string of the molecule is Cc1cn2nc([C@@H]3CCCCN3C(=O)c3csc4c3CCCC4)cc2nc1N1CC[C@H](C)C1. The summed E-state index contributed by atoms with van der Waals surface area (Å²) in [6.07, 6.45) is 11.1. The van der Waals surface area contributed by atoms with Crippen LogP contribution < -0.4 is 4.90 Å². The number of carbonyl (C=O) groups excluding carboxylic acids is 1. The van der Waals surface area contributed by atoms with Crippen LogP contribution in [-0.2, 0) is 12.8 Å². The highest BCUT2D eigenvalue weighted by atomic mass is 32.1. The number of aromatic nitrogens is 3. The van der Waals surface area contributed by atoms with Gasteiger partial charge in [-0.3, -0.25) is 4.79 Å². The number of carbonyl (C=O) groups is 1. The Morgan fingerprint density at radius 2 is 2.00 bits per heavy atom. The van der Waals surface area contributed by atoms with Gasteiger partial charge < -0.3 is 9.80 Å². The minimum Gasteiger partial charge on any atom is -0.356 e. The van der Waals surface area contributed by atoms with Crippen molar-refractivity contribution in [2.45, 2.75) is 71.3 Å². The zero-order valence-electron chi connectivity index (χ0n) is 19.7. The van der Waals surface area contributed by atoms with Gasteiger partial charge in [0.15, 0.2) is 5.65 Å². The molecule has 174 valence electrons. The van der Waals surface area contributed by atoms with E-state index in [1.54, 1.807) is 11.3 Å². The number of thiophene rings is 1. The average molecular weight is 464 g/mol. The Balaban J connectivity index is 1.32. The van der Waals surface area contributed by atoms with Crippen LogP contribution in [0.1, 0.15) is 83.5 Å². The molecule has 0 radical (unpaired) electrons. The van der Waals surface area contributed by atoms with Crippen LogP contribution in [0.15, 0.2) is 17.6 Å². The van der Waals surface area contributed by atoms with Crippen molar-refractivity contribution in [1.82, 2.24) is 19.5 Å². The molecule has 1 aliphatic carbocycles. The highest BCUT2D eigenvalue weighted by Crippen LogP contribution is 2.36. The molecule has 3 aromatic rings. The van der Waals surface area contributed by atoms with Crippen molar-refractivity contribution in [3.05, 3.63) is 44.9 Å². The van der Waals surface area contributed by atoms with Crippen LogP contribution in [0.3, 0.4) is 0 Å². The molecule has 0 N–H and O–H groups in total. The molecule has 0 unspecified atom stereocenters. The van der Waals surface area contributed by atoms with Crippen molar-refractivity contribution in [2.75, 3.05) is 24.5 Å². The number of hydrogen-bond donors (Lipinski definition) is 0. The summed E-state index contributed by atoms with van der Waals surface area (Å²) >= 11 is 1.78. The molecule has 7 heteroatoms. The zero-order chi connectivity index (χ0) is 22.5. The number of hydrogen-bond acceptors (Lipinski definition) is 5. The summed E-state index contributed by atoms with van der Waals surface area (Å²) in [5.74, 6) is 2.00. The van der Waals surface area contributed by atoms with Gasteiger partial charge in [0.25, 0.3) is 5.91 Å². The molecular formula is C26H33N5OS. The molecule has 2 aliphatic heterocycles. The molecule has 2 fully saturated rings. The van der Waals surface area contributed by atoms with Gasteiger partial charge in [0.05, 0.1) is 17.3 Å². The van der Waals surface area contributed by atoms with Crippen LogP contribution in [0.5, 0.6) is 0 Å². The van der Waals surface area contributed by atoms with Gasteiger partial charge in [-0.15, -0.1) is 11.3 Å². The summed E-state index contributed by atoms with van der Waals surface area (Å²) in [7, 11) is 0. The Labute approximate surface area is 199 Å². The molecule has 0 aromatic carbocycles. The number of nitrogens with zero attached hydrogens (tertiary/aromatic N) is 5. The van der Waals surface area contributed by atoms with Gasteiger partial charge in [-0.05, 0) is 69.8 Å². The molecule has 2 saturated heterocycles. The number of aryl methyl sites for hydroxylation is 2. The van der Waals surface area contributed by atoms with Gasteiger partial charge in [0, 0.05) is 47.7 Å². The van der Waals surface area contributed by atoms with E-state index < -0.39 is 0 Å². The fourth-order valence-electron chi connectivity index (χ4n) is 5.94. The Morgan fingerprint density at radius 3 is 2.85 bits per heavy atom. The lowest BCUT2D eigenvalue weighted by Gasteiger charge is -2.35. The van der Waals surface area contributed by atoms with Crippen LogP contribution in [0.2, 0.25) is 0 Å². The van der Waals surface area contributed by atoms with E-state index in [1.807, 2.05) is 4.52 Å². The molecule has 33 heavy (non-hydrogen) atoms. The first-order valence-corrected chi connectivity index (χ1v) is 13.5. The lowest BCUT2D eigenvalue weighted by atomic mass is 9.93. The second-order valence-electron chi connectivity index (χ2n) is 10.2. The largest absolute Gasteiger partial charge is 0.356 e. The van der Waals surface area contributed by atoms with Crippen LogP contribution in [0.4, 0.5) is 5.82 Å². The van der Waals surface area contributed by atoms with Gasteiger partial charge in [-0.1, -0.05) is 6.92 Å². The van der Waals surface area contributed by atoms with Crippen LogP contribution in [0, 0.1) is 12.8 Å². The normalized spacial score (nSPS) is 23.3. The predicted molar refractivity (Wildman–Crippen MR) is 132 cm³/mol. The Hall–Kier alpha value is -2.41. The smallest absolute Gasteiger partial charge is 0.255 e. The predicted octanol–water partition coefficient (Wildman–Crippen LogP) is 5.19. The van der Waals surface area contributed by atoms with E-state index in [4.69, 9.17) is 10.1 Å². The third-order valence-corrected chi connectivity index (χ3v) is 8.83. The minimum absolute atomic E-state index is 0.0302. The summed E-state index contributed by atoms with van der Waals surface area (Å²) in [6, 6.07) is 2.14. The highest BCUT2D eigenvalue weighted by Gasteiger charge is 2.33. The van der Waals surface area contributed by atoms with Crippen molar-refractivity contribution in [3.8, 4) is 0 Å². The molecule has 6 nitrogen and oxygen atoms in total. The molecule has 0 spiro atoms. The van der Waals surface area contributed by atoms with Gasteiger partial charge in [-0.2, -0.15) is 5.10 Å². The summed E-state index contributed by atoms with van der Waals surface area (Å²) in [5.41, 5.74) is 5.29. The summed E-state index contributed by atoms with van der Waals surface area (Å²) in [6.45, 7) is 7.39. The summed E-state index contributed by atoms with van der Waals surface area (Å²) in [5, 5.41) is 7.04. The topological polar surface area (TPSA) is 53.7 Å². The quantitative estimate of drug-likeness (QED) is 0.536. The lowest BCUT2D eigenvalue weighted by molar-refractivity contribution is 0.0605. The van der Waals surface area contributed by atoms with E-state index in [0.717, 1.165) is 80.0 Å². The van der Waals surface area contributed by atoms with Crippen LogP contribution in [0.25, 0.3) is 5.65 Å². The molecule has 0 saturated carbocycles. The Kier molecular flexibility index (Phi) is 5.40. The van der Waals surface area contributed by atoms with Crippen molar-refractivity contribution in [2.24, 2.45) is 5.92 Å². The van der Waals surface area contributed by atoms with Crippen LogP contribution >= 0.6 is 11.3 Å². The van der Waals surface area contributed by atoms with Crippen molar-refractivity contribution in [3.63, 3.8) is 0 Å². The number of piperidine rings is 1. The molecule has 6 rings (SSSR count). The maximum atomic E-state index is 13.7. The third-order valence-electron chi connectivity index (χ3n) is 7.74. The number of anilines is 1. The molecule has 1 amide bonds. The number of likely N-dealkylation sites (tertiary alicyclic amines) is 1. The first-order chi connectivity index (χ1) is 16.1. The van der Waals surface area contributed by atoms with E-state index in [0.29, 0.717) is 5.92 Å². The number of rotatable bonds is 3. The molecule has 3 aromatic heterocycles. The summed E-state index contributed by atoms with van der Waals surface area (Å²) < 4.78 is 1.91. The number of fused-ring (bicyclic) bond motifs is 2. The molecule has 3 aliphatic rings. The maximum absolute atomic E-state index is 13.7. The lowest BCUT2D eigenvalue weighted by Crippen LogP contribution is -2.39. The monoisotopic (exact) mass is 463 g/mol. The van der Waals surface area contributed by atoms with Crippen molar-refractivity contribution >= 4 is 28.7 Å². The van der Waals surface area contributed by atoms with E-state index in [-0.39, 0.29) is 11.9 Å². The highest BCUT2D eigenvalue weighted by molar-refractivity contribution is 7.10. The van der Waals surface area contributed by atoms with Crippen molar-refractivity contribution < 1.29 is 4.79 Å².